The van der Waals surface area contributed by atoms with Crippen molar-refractivity contribution in [2.75, 3.05) is 26.2 Å². The topological polar surface area (TPSA) is 84.5 Å². The third-order valence-corrected chi connectivity index (χ3v) is 5.40. The highest BCUT2D eigenvalue weighted by Gasteiger charge is 2.22. The Labute approximate surface area is 168 Å². The zero-order chi connectivity index (χ0) is 20.4. The summed E-state index contributed by atoms with van der Waals surface area (Å²) in [5.41, 5.74) is 2.47. The molecule has 29 heavy (non-hydrogen) atoms. The molecule has 4 rings (SSSR count). The normalized spacial score (nSPS) is 15.2. The second kappa shape index (κ2) is 8.16. The maximum Gasteiger partial charge on any atom is 0.261 e. The quantitative estimate of drug-likeness (QED) is 0.654. The molecule has 1 saturated heterocycles. The lowest BCUT2D eigenvalue weighted by Gasteiger charge is -2.34. The van der Waals surface area contributed by atoms with Gasteiger partial charge in [0.2, 0.25) is 5.91 Å². The lowest BCUT2D eigenvalue weighted by molar-refractivity contribution is -0.133. The van der Waals surface area contributed by atoms with Crippen LogP contribution in [0.5, 0.6) is 0 Å². The summed E-state index contributed by atoms with van der Waals surface area (Å²) in [5.74, 6) is 0.914. The Bertz CT molecular complexity index is 1080. The fourth-order valence-electron chi connectivity index (χ4n) is 3.74. The molecule has 0 saturated carbocycles. The summed E-state index contributed by atoms with van der Waals surface area (Å²) in [7, 11) is 0. The van der Waals surface area contributed by atoms with Gasteiger partial charge in [0.05, 0.1) is 29.5 Å². The van der Waals surface area contributed by atoms with Gasteiger partial charge < -0.3 is 9.42 Å². The molecule has 1 aliphatic rings. The van der Waals surface area contributed by atoms with E-state index in [-0.39, 0.29) is 11.5 Å². The molecule has 0 bridgehead atoms. The zero-order valence-corrected chi connectivity index (χ0v) is 16.8. The van der Waals surface area contributed by atoms with Crippen LogP contribution >= 0.6 is 0 Å². The number of amides is 1. The minimum Gasteiger partial charge on any atom is -0.360 e. The van der Waals surface area contributed by atoms with Gasteiger partial charge in [-0.2, -0.15) is 0 Å². The van der Waals surface area contributed by atoms with E-state index >= 15 is 0 Å². The SMILES string of the molecule is Cc1cc(CN2CCN(C(=O)CCn3cnc4c(C)cccc4c3=O)CC2)on1. The highest BCUT2D eigenvalue weighted by atomic mass is 16.5. The number of fused-ring (bicyclic) bond motifs is 1. The van der Waals surface area contributed by atoms with E-state index in [2.05, 4.69) is 15.0 Å². The van der Waals surface area contributed by atoms with E-state index in [4.69, 9.17) is 4.52 Å². The summed E-state index contributed by atoms with van der Waals surface area (Å²) in [6.45, 7) is 7.83. The van der Waals surface area contributed by atoms with E-state index in [9.17, 15) is 9.59 Å². The number of rotatable bonds is 5. The highest BCUT2D eigenvalue weighted by Crippen LogP contribution is 2.12. The van der Waals surface area contributed by atoms with Gasteiger partial charge in [0.25, 0.3) is 5.56 Å². The van der Waals surface area contributed by atoms with Crippen LogP contribution in [0.2, 0.25) is 0 Å². The number of carbonyl (C=O) groups is 1. The third-order valence-electron chi connectivity index (χ3n) is 5.40. The molecule has 0 aliphatic carbocycles. The van der Waals surface area contributed by atoms with Crippen LogP contribution in [0.15, 0.2) is 39.9 Å². The molecule has 8 heteroatoms. The fraction of sp³-hybridized carbons (Fsp3) is 0.429. The van der Waals surface area contributed by atoms with Crippen LogP contribution in [0.4, 0.5) is 0 Å². The first-order chi connectivity index (χ1) is 14.0. The van der Waals surface area contributed by atoms with Crippen LogP contribution in [0.3, 0.4) is 0 Å². The smallest absolute Gasteiger partial charge is 0.261 e. The minimum absolute atomic E-state index is 0.0661. The van der Waals surface area contributed by atoms with Crippen LogP contribution in [-0.4, -0.2) is 56.6 Å². The maximum absolute atomic E-state index is 12.7. The van der Waals surface area contributed by atoms with Gasteiger partial charge in [0.15, 0.2) is 5.76 Å². The number of piperazine rings is 1. The van der Waals surface area contributed by atoms with Crippen LogP contribution in [0, 0.1) is 13.8 Å². The first-order valence-corrected chi connectivity index (χ1v) is 9.88. The molecule has 3 aromatic rings. The standard InChI is InChI=1S/C21H25N5O3/c1-15-4-3-5-18-20(15)22-14-26(21(18)28)7-6-19(27)25-10-8-24(9-11-25)13-17-12-16(2)23-29-17/h3-5,12,14H,6-11,13H2,1-2H3. The van der Waals surface area contributed by atoms with Crippen molar-refractivity contribution in [1.29, 1.82) is 0 Å². The third kappa shape index (κ3) is 4.22. The van der Waals surface area contributed by atoms with Crippen molar-refractivity contribution in [3.8, 4) is 0 Å². The second-order valence-corrected chi connectivity index (χ2v) is 7.56. The summed E-state index contributed by atoms with van der Waals surface area (Å²) in [4.78, 5) is 33.8. The molecule has 1 fully saturated rings. The molecule has 0 unspecified atom stereocenters. The van der Waals surface area contributed by atoms with Crippen molar-refractivity contribution in [3.05, 3.63) is 58.0 Å². The molecule has 0 N–H and O–H groups in total. The van der Waals surface area contributed by atoms with Gasteiger partial charge in [-0.15, -0.1) is 0 Å². The zero-order valence-electron chi connectivity index (χ0n) is 16.8. The van der Waals surface area contributed by atoms with Gasteiger partial charge in [-0.1, -0.05) is 17.3 Å². The van der Waals surface area contributed by atoms with Gasteiger partial charge in [0, 0.05) is 45.2 Å². The van der Waals surface area contributed by atoms with Crippen LogP contribution in [0.1, 0.15) is 23.4 Å². The Morgan fingerprint density at radius 3 is 2.69 bits per heavy atom. The highest BCUT2D eigenvalue weighted by molar-refractivity contribution is 5.80. The van der Waals surface area contributed by atoms with Crippen LogP contribution in [-0.2, 0) is 17.9 Å². The summed E-state index contributed by atoms with van der Waals surface area (Å²) >= 11 is 0. The fourth-order valence-corrected chi connectivity index (χ4v) is 3.74. The number of hydrogen-bond acceptors (Lipinski definition) is 6. The van der Waals surface area contributed by atoms with Crippen molar-refractivity contribution >= 4 is 16.8 Å². The summed E-state index contributed by atoms with van der Waals surface area (Å²) in [6.07, 6.45) is 1.84. The Kier molecular flexibility index (Phi) is 5.44. The van der Waals surface area contributed by atoms with Crippen molar-refractivity contribution < 1.29 is 9.32 Å². The van der Waals surface area contributed by atoms with Crippen LogP contribution in [0.25, 0.3) is 10.9 Å². The molecule has 1 amide bonds. The Morgan fingerprint density at radius 2 is 1.97 bits per heavy atom. The predicted octanol–water partition coefficient (Wildman–Crippen LogP) is 1.74. The van der Waals surface area contributed by atoms with Gasteiger partial charge >= 0.3 is 0 Å². The molecule has 8 nitrogen and oxygen atoms in total. The number of nitrogens with zero attached hydrogens (tertiary/aromatic N) is 5. The lowest BCUT2D eigenvalue weighted by atomic mass is 10.1. The van der Waals surface area contributed by atoms with E-state index in [0.29, 0.717) is 38.0 Å². The number of carbonyl (C=O) groups excluding carboxylic acids is 1. The van der Waals surface area contributed by atoms with Gasteiger partial charge in [-0.25, -0.2) is 4.98 Å². The number of hydrogen-bond donors (Lipinski definition) is 0. The van der Waals surface area contributed by atoms with Crippen molar-refractivity contribution in [1.82, 2.24) is 24.5 Å². The number of para-hydroxylation sites is 1. The van der Waals surface area contributed by atoms with Crippen molar-refractivity contribution in [2.45, 2.75) is 33.4 Å². The average Bonchev–Trinajstić information content (AvgIpc) is 3.13. The Morgan fingerprint density at radius 1 is 1.17 bits per heavy atom. The Hall–Kier alpha value is -3.00. The van der Waals surface area contributed by atoms with E-state index in [1.165, 1.54) is 4.57 Å². The van der Waals surface area contributed by atoms with E-state index in [1.54, 1.807) is 12.4 Å². The average molecular weight is 395 g/mol. The molecule has 1 aromatic carbocycles. The van der Waals surface area contributed by atoms with E-state index < -0.39 is 0 Å². The molecular weight excluding hydrogens is 370 g/mol. The molecular formula is C21H25N5O3. The molecule has 0 spiro atoms. The molecule has 3 heterocycles. The molecule has 0 radical (unpaired) electrons. The van der Waals surface area contributed by atoms with Gasteiger partial charge in [-0.05, 0) is 25.5 Å². The number of aryl methyl sites for hydroxylation is 3. The maximum atomic E-state index is 12.7. The van der Waals surface area contributed by atoms with Gasteiger partial charge in [0.1, 0.15) is 0 Å². The summed E-state index contributed by atoms with van der Waals surface area (Å²) in [6, 6.07) is 7.52. The first-order valence-electron chi connectivity index (χ1n) is 9.88. The monoisotopic (exact) mass is 395 g/mol. The van der Waals surface area contributed by atoms with Gasteiger partial charge in [-0.3, -0.25) is 19.1 Å². The van der Waals surface area contributed by atoms with Crippen molar-refractivity contribution in [3.63, 3.8) is 0 Å². The summed E-state index contributed by atoms with van der Waals surface area (Å²) in [5, 5.41) is 4.50. The largest absolute Gasteiger partial charge is 0.360 e. The first kappa shape index (κ1) is 19.3. The minimum atomic E-state index is -0.0985. The van der Waals surface area contributed by atoms with E-state index in [1.807, 2.05) is 36.9 Å². The number of aromatic nitrogens is 3. The summed E-state index contributed by atoms with van der Waals surface area (Å²) < 4.78 is 6.80. The van der Waals surface area contributed by atoms with E-state index in [0.717, 1.165) is 35.6 Å². The molecule has 2 aromatic heterocycles. The predicted molar refractivity (Wildman–Crippen MR) is 108 cm³/mol. The van der Waals surface area contributed by atoms with Crippen molar-refractivity contribution in [2.24, 2.45) is 0 Å². The second-order valence-electron chi connectivity index (χ2n) is 7.56. The van der Waals surface area contributed by atoms with Crippen LogP contribution < -0.4 is 5.56 Å². The molecule has 0 atom stereocenters. The Balaban J connectivity index is 1.32. The number of benzene rings is 1. The molecule has 152 valence electrons. The lowest BCUT2D eigenvalue weighted by Crippen LogP contribution is -2.48. The molecule has 1 aliphatic heterocycles.